The van der Waals surface area contributed by atoms with Crippen molar-refractivity contribution in [2.75, 3.05) is 32.1 Å². The Morgan fingerprint density at radius 1 is 1.07 bits per heavy atom. The number of hydrogen-bond acceptors (Lipinski definition) is 4. The zero-order valence-corrected chi connectivity index (χ0v) is 17.5. The van der Waals surface area contributed by atoms with E-state index in [1.54, 1.807) is 19.2 Å². The lowest BCUT2D eigenvalue weighted by Gasteiger charge is -2.18. The molecule has 0 saturated carbocycles. The molecule has 0 aliphatic rings. The number of anilines is 1. The van der Waals surface area contributed by atoms with Gasteiger partial charge in [0.15, 0.2) is 13.1 Å². The van der Waals surface area contributed by atoms with Crippen molar-refractivity contribution in [3.63, 3.8) is 0 Å². The minimum atomic E-state index is -0.256. The van der Waals surface area contributed by atoms with E-state index in [0.717, 1.165) is 15.9 Å². The van der Waals surface area contributed by atoms with Crippen LogP contribution in [-0.2, 0) is 9.59 Å². The molecule has 7 nitrogen and oxygen atoms in total. The lowest BCUT2D eigenvalue weighted by molar-refractivity contribution is -0.881. The number of quaternary nitrogens is 1. The van der Waals surface area contributed by atoms with E-state index in [4.69, 9.17) is 9.15 Å². The van der Waals surface area contributed by atoms with E-state index in [1.807, 2.05) is 56.3 Å². The summed E-state index contributed by atoms with van der Waals surface area (Å²) < 4.78 is 11.0. The van der Waals surface area contributed by atoms with Crippen LogP contribution in [0.1, 0.15) is 25.6 Å². The van der Waals surface area contributed by atoms with Crippen LogP contribution < -0.4 is 20.3 Å². The maximum atomic E-state index is 12.5. The number of amides is 2. The Bertz CT molecular complexity index is 981. The number of likely N-dealkylation sites (N-methyl/N-ethyl adjacent to an activating group) is 1. The second-order valence-corrected chi connectivity index (χ2v) is 7.21. The predicted molar refractivity (Wildman–Crippen MR) is 116 cm³/mol. The normalized spacial score (nSPS) is 12.9. The van der Waals surface area contributed by atoms with Gasteiger partial charge in [0.25, 0.3) is 11.8 Å². The van der Waals surface area contributed by atoms with Gasteiger partial charge in [-0.1, -0.05) is 24.3 Å². The molecule has 0 bridgehead atoms. The first-order valence-electron chi connectivity index (χ1n) is 10.0. The lowest BCUT2D eigenvalue weighted by Crippen LogP contribution is -3.14. The fraction of sp³-hybridized carbons (Fsp3) is 0.304. The molecular formula is C23H28N3O4+. The quantitative estimate of drug-likeness (QED) is 0.505. The fourth-order valence-corrected chi connectivity index (χ4v) is 3.25. The summed E-state index contributed by atoms with van der Waals surface area (Å²) in [7, 11) is 1.58. The van der Waals surface area contributed by atoms with Gasteiger partial charge < -0.3 is 24.7 Å². The number of methoxy groups -OCH3 is 1. The molecule has 30 heavy (non-hydrogen) atoms. The van der Waals surface area contributed by atoms with Gasteiger partial charge >= 0.3 is 0 Å². The minimum absolute atomic E-state index is 0.131. The van der Waals surface area contributed by atoms with Gasteiger partial charge in [0.1, 0.15) is 17.1 Å². The second-order valence-electron chi connectivity index (χ2n) is 7.21. The second kappa shape index (κ2) is 9.93. The van der Waals surface area contributed by atoms with Crippen molar-refractivity contribution in [1.29, 1.82) is 0 Å². The largest absolute Gasteiger partial charge is 0.497 e. The van der Waals surface area contributed by atoms with Crippen LogP contribution in [0.4, 0.5) is 5.69 Å². The first-order valence-corrected chi connectivity index (χ1v) is 10.0. The number of hydrogen-bond donors (Lipinski definition) is 3. The Hall–Kier alpha value is -3.32. The number of carbonyl (C=O) groups excluding carboxylic acids is 2. The number of benzene rings is 2. The summed E-state index contributed by atoms with van der Waals surface area (Å²) in [6.45, 7) is 4.88. The molecular weight excluding hydrogens is 382 g/mol. The average molecular weight is 410 g/mol. The van der Waals surface area contributed by atoms with Crippen LogP contribution in [0, 0.1) is 0 Å². The van der Waals surface area contributed by atoms with Crippen LogP contribution in [0.3, 0.4) is 0 Å². The highest BCUT2D eigenvalue weighted by molar-refractivity contribution is 5.91. The Balaban J connectivity index is 1.52. The van der Waals surface area contributed by atoms with Gasteiger partial charge in [-0.3, -0.25) is 9.59 Å². The van der Waals surface area contributed by atoms with E-state index in [1.165, 1.54) is 0 Å². The Morgan fingerprint density at radius 3 is 2.57 bits per heavy atom. The third-order valence-electron chi connectivity index (χ3n) is 4.92. The van der Waals surface area contributed by atoms with Crippen LogP contribution in [0.2, 0.25) is 0 Å². The highest BCUT2D eigenvalue weighted by Crippen LogP contribution is 2.23. The predicted octanol–water partition coefficient (Wildman–Crippen LogP) is 2.16. The summed E-state index contributed by atoms with van der Waals surface area (Å²) in [6, 6.07) is 16.6. The third kappa shape index (κ3) is 5.61. The van der Waals surface area contributed by atoms with Crippen molar-refractivity contribution in [3.05, 3.63) is 60.4 Å². The van der Waals surface area contributed by atoms with Gasteiger partial charge in [-0.2, -0.15) is 0 Å². The fourth-order valence-electron chi connectivity index (χ4n) is 3.25. The number of para-hydroxylation sites is 1. The summed E-state index contributed by atoms with van der Waals surface area (Å²) in [4.78, 5) is 25.8. The van der Waals surface area contributed by atoms with E-state index in [2.05, 4.69) is 10.6 Å². The molecule has 3 aromatic rings. The molecule has 2 atom stereocenters. The first kappa shape index (κ1) is 21.4. The van der Waals surface area contributed by atoms with Crippen molar-refractivity contribution in [1.82, 2.24) is 5.32 Å². The summed E-state index contributed by atoms with van der Waals surface area (Å²) in [5.41, 5.74) is 1.46. The topological polar surface area (TPSA) is 85.0 Å². The van der Waals surface area contributed by atoms with Crippen molar-refractivity contribution in [2.24, 2.45) is 0 Å². The molecule has 2 amide bonds. The molecule has 0 aliphatic heterocycles. The molecule has 1 heterocycles. The van der Waals surface area contributed by atoms with Crippen molar-refractivity contribution in [2.45, 2.75) is 19.9 Å². The molecule has 3 N–H and O–H groups in total. The number of nitrogens with one attached hydrogen (secondary N) is 3. The molecule has 1 unspecified atom stereocenters. The number of fused-ring (bicyclic) bond motifs is 1. The Kier molecular flexibility index (Phi) is 7.08. The summed E-state index contributed by atoms with van der Waals surface area (Å²) in [6.07, 6.45) is 0. The van der Waals surface area contributed by atoms with E-state index in [0.29, 0.717) is 23.7 Å². The molecule has 2 aromatic carbocycles. The first-order chi connectivity index (χ1) is 14.5. The zero-order chi connectivity index (χ0) is 21.5. The smallest absolute Gasteiger partial charge is 0.279 e. The Morgan fingerprint density at radius 2 is 1.83 bits per heavy atom. The summed E-state index contributed by atoms with van der Waals surface area (Å²) in [5.74, 6) is 1.09. The van der Waals surface area contributed by atoms with E-state index < -0.39 is 0 Å². The monoisotopic (exact) mass is 410 g/mol. The summed E-state index contributed by atoms with van der Waals surface area (Å²) in [5, 5.41) is 6.81. The SMILES string of the molecule is CC[NH+](CC(=O)Nc1cccc(OC)c1)CC(=O)N[C@@H](C)c1cc2ccccc2o1. The van der Waals surface area contributed by atoms with E-state index in [9.17, 15) is 9.59 Å². The van der Waals surface area contributed by atoms with E-state index in [-0.39, 0.29) is 30.9 Å². The lowest BCUT2D eigenvalue weighted by atomic mass is 10.2. The van der Waals surface area contributed by atoms with Gasteiger partial charge in [-0.05, 0) is 38.1 Å². The van der Waals surface area contributed by atoms with Crippen LogP contribution in [0.25, 0.3) is 11.0 Å². The van der Waals surface area contributed by atoms with E-state index >= 15 is 0 Å². The highest BCUT2D eigenvalue weighted by atomic mass is 16.5. The average Bonchev–Trinajstić information content (AvgIpc) is 3.17. The van der Waals surface area contributed by atoms with Gasteiger partial charge in [0.05, 0.1) is 19.7 Å². The van der Waals surface area contributed by atoms with Crippen LogP contribution >= 0.6 is 0 Å². The standard InChI is InChI=1S/C23H27N3O4/c1-4-26(15-23(28)25-18-9-7-10-19(13-18)29-3)14-22(27)24-16(2)21-12-17-8-5-6-11-20(17)30-21/h5-13,16H,4,14-15H2,1-3H3,(H,24,27)(H,25,28)/p+1/t16-/m0/s1. The maximum Gasteiger partial charge on any atom is 0.279 e. The molecule has 1 aromatic heterocycles. The van der Waals surface area contributed by atoms with Crippen LogP contribution in [0.5, 0.6) is 5.75 Å². The van der Waals surface area contributed by atoms with Gasteiger partial charge in [0.2, 0.25) is 0 Å². The number of rotatable bonds is 9. The molecule has 0 aliphatic carbocycles. The molecule has 7 heteroatoms. The minimum Gasteiger partial charge on any atom is -0.497 e. The highest BCUT2D eigenvalue weighted by Gasteiger charge is 2.20. The van der Waals surface area contributed by atoms with Gasteiger partial charge in [0, 0.05) is 17.1 Å². The molecule has 0 fully saturated rings. The Labute approximate surface area is 176 Å². The van der Waals surface area contributed by atoms with Crippen LogP contribution in [-0.4, -0.2) is 38.6 Å². The number of furan rings is 1. The molecule has 0 saturated heterocycles. The van der Waals surface area contributed by atoms with Gasteiger partial charge in [-0.15, -0.1) is 0 Å². The van der Waals surface area contributed by atoms with Gasteiger partial charge in [-0.25, -0.2) is 0 Å². The molecule has 158 valence electrons. The summed E-state index contributed by atoms with van der Waals surface area (Å²) >= 11 is 0. The van der Waals surface area contributed by atoms with Crippen molar-refractivity contribution >= 4 is 28.5 Å². The number of ether oxygens (including phenoxy) is 1. The van der Waals surface area contributed by atoms with Crippen molar-refractivity contribution < 1.29 is 23.6 Å². The van der Waals surface area contributed by atoms with Crippen molar-refractivity contribution in [3.8, 4) is 5.75 Å². The zero-order valence-electron chi connectivity index (χ0n) is 17.5. The molecule has 0 spiro atoms. The molecule has 3 rings (SSSR count). The maximum absolute atomic E-state index is 12.5. The molecule has 0 radical (unpaired) electrons. The third-order valence-corrected chi connectivity index (χ3v) is 4.92. The number of carbonyl (C=O) groups is 2. The van der Waals surface area contributed by atoms with Crippen LogP contribution in [0.15, 0.2) is 59.0 Å².